The molecule has 5 heteroatoms. The van der Waals surface area contributed by atoms with Crippen LogP contribution in [0.5, 0.6) is 0 Å². The lowest BCUT2D eigenvalue weighted by atomic mass is 9.87. The summed E-state index contributed by atoms with van der Waals surface area (Å²) in [4.78, 5) is 12.9. The molecule has 0 saturated carbocycles. The highest BCUT2D eigenvalue weighted by Gasteiger charge is 2.13. The number of benzene rings is 1. The van der Waals surface area contributed by atoms with Gasteiger partial charge in [-0.1, -0.05) is 38.1 Å². The zero-order valence-corrected chi connectivity index (χ0v) is 13.6. The topological polar surface area (TPSA) is 55.1 Å². The van der Waals surface area contributed by atoms with E-state index >= 15 is 0 Å². The minimum absolute atomic E-state index is 0.101. The van der Waals surface area contributed by atoms with Crippen LogP contribution in [0.1, 0.15) is 32.0 Å². The molecule has 1 aromatic heterocycles. The lowest BCUT2D eigenvalue weighted by Gasteiger charge is -2.19. The van der Waals surface area contributed by atoms with Gasteiger partial charge in [0.1, 0.15) is 0 Å². The standard InChI is InChI=1S/C16H20N2O2S/c1-11-9-15(20-18-11)17-14(19)10-21-13-7-5-12(6-8-13)16(2,3)4/h5-9H,10H2,1-4H3,(H,17,19). The van der Waals surface area contributed by atoms with Crippen LogP contribution in [0.15, 0.2) is 39.8 Å². The normalized spacial score (nSPS) is 11.4. The molecule has 0 saturated heterocycles. The number of nitrogens with zero attached hydrogens (tertiary/aromatic N) is 1. The molecule has 0 atom stereocenters. The van der Waals surface area contributed by atoms with Gasteiger partial charge in [0.25, 0.3) is 0 Å². The van der Waals surface area contributed by atoms with Crippen LogP contribution in [0.3, 0.4) is 0 Å². The third-order valence-corrected chi connectivity index (χ3v) is 3.99. The Bertz CT molecular complexity index is 612. The Morgan fingerprint density at radius 2 is 1.95 bits per heavy atom. The molecule has 1 aromatic carbocycles. The number of thioether (sulfide) groups is 1. The second kappa shape index (κ2) is 6.35. The first kappa shape index (κ1) is 15.6. The summed E-state index contributed by atoms with van der Waals surface area (Å²) in [5, 5.41) is 6.40. The maximum absolute atomic E-state index is 11.8. The van der Waals surface area contributed by atoms with Crippen molar-refractivity contribution < 1.29 is 9.32 Å². The molecule has 1 heterocycles. The Morgan fingerprint density at radius 3 is 2.48 bits per heavy atom. The van der Waals surface area contributed by atoms with Crippen LogP contribution in [-0.2, 0) is 10.2 Å². The van der Waals surface area contributed by atoms with Crippen LogP contribution >= 0.6 is 11.8 Å². The Morgan fingerprint density at radius 1 is 1.29 bits per heavy atom. The van der Waals surface area contributed by atoms with E-state index in [0.717, 1.165) is 10.6 Å². The maximum Gasteiger partial charge on any atom is 0.237 e. The van der Waals surface area contributed by atoms with Crippen molar-refractivity contribution in [3.63, 3.8) is 0 Å². The molecule has 0 spiro atoms. The van der Waals surface area contributed by atoms with E-state index in [9.17, 15) is 4.79 Å². The van der Waals surface area contributed by atoms with E-state index in [-0.39, 0.29) is 11.3 Å². The minimum Gasteiger partial charge on any atom is -0.338 e. The Kier molecular flexibility index (Phi) is 4.73. The van der Waals surface area contributed by atoms with Gasteiger partial charge in [-0.2, -0.15) is 0 Å². The second-order valence-electron chi connectivity index (χ2n) is 5.94. The summed E-state index contributed by atoms with van der Waals surface area (Å²) in [6, 6.07) is 10.0. The number of carbonyl (C=O) groups excluding carboxylic acids is 1. The number of anilines is 1. The van der Waals surface area contributed by atoms with Crippen molar-refractivity contribution in [3.8, 4) is 0 Å². The summed E-state index contributed by atoms with van der Waals surface area (Å²) >= 11 is 1.50. The van der Waals surface area contributed by atoms with Crippen molar-refractivity contribution in [2.75, 3.05) is 11.1 Å². The first-order valence-corrected chi connectivity index (χ1v) is 7.80. The minimum atomic E-state index is -0.101. The van der Waals surface area contributed by atoms with Gasteiger partial charge in [0.15, 0.2) is 0 Å². The van der Waals surface area contributed by atoms with Crippen molar-refractivity contribution in [1.82, 2.24) is 5.16 Å². The van der Waals surface area contributed by atoms with Crippen LogP contribution in [0.25, 0.3) is 0 Å². The van der Waals surface area contributed by atoms with Gasteiger partial charge in [-0.05, 0) is 30.0 Å². The number of aromatic nitrogens is 1. The molecular weight excluding hydrogens is 284 g/mol. The molecule has 2 aromatic rings. The average molecular weight is 304 g/mol. The van der Waals surface area contributed by atoms with Crippen molar-refractivity contribution in [1.29, 1.82) is 0 Å². The highest BCUT2D eigenvalue weighted by molar-refractivity contribution is 8.00. The smallest absolute Gasteiger partial charge is 0.237 e. The first-order valence-electron chi connectivity index (χ1n) is 6.81. The Balaban J connectivity index is 1.86. The number of aryl methyl sites for hydroxylation is 1. The first-order chi connectivity index (χ1) is 9.84. The molecule has 1 N–H and O–H groups in total. The van der Waals surface area contributed by atoms with Gasteiger partial charge < -0.3 is 4.52 Å². The fourth-order valence-corrected chi connectivity index (χ4v) is 2.49. The van der Waals surface area contributed by atoms with Gasteiger partial charge in [-0.15, -0.1) is 11.8 Å². The van der Waals surface area contributed by atoms with Gasteiger partial charge in [0.05, 0.1) is 11.4 Å². The lowest BCUT2D eigenvalue weighted by molar-refractivity contribution is -0.113. The van der Waals surface area contributed by atoms with E-state index in [4.69, 9.17) is 4.52 Å². The number of amides is 1. The molecule has 0 aliphatic heterocycles. The maximum atomic E-state index is 11.8. The molecule has 0 radical (unpaired) electrons. The predicted molar refractivity (Wildman–Crippen MR) is 85.7 cm³/mol. The number of nitrogens with one attached hydrogen (secondary N) is 1. The molecule has 0 unspecified atom stereocenters. The fraction of sp³-hybridized carbons (Fsp3) is 0.375. The zero-order valence-electron chi connectivity index (χ0n) is 12.8. The van der Waals surface area contributed by atoms with Crippen molar-refractivity contribution in [2.45, 2.75) is 38.0 Å². The summed E-state index contributed by atoms with van der Waals surface area (Å²) in [7, 11) is 0. The Hall–Kier alpha value is -1.75. The second-order valence-corrected chi connectivity index (χ2v) is 6.99. The van der Waals surface area contributed by atoms with Gasteiger partial charge in [-0.25, -0.2) is 0 Å². The Labute approximate surface area is 129 Å². The molecule has 0 aliphatic carbocycles. The molecule has 21 heavy (non-hydrogen) atoms. The summed E-state index contributed by atoms with van der Waals surface area (Å²) in [6.45, 7) is 8.36. The van der Waals surface area contributed by atoms with Crippen molar-refractivity contribution in [2.24, 2.45) is 0 Å². The average Bonchev–Trinajstić information content (AvgIpc) is 2.81. The summed E-state index contributed by atoms with van der Waals surface area (Å²) in [5.41, 5.74) is 2.18. The van der Waals surface area contributed by atoms with Crippen LogP contribution in [0, 0.1) is 6.92 Å². The summed E-state index contributed by atoms with van der Waals surface area (Å²) < 4.78 is 4.95. The molecule has 4 nitrogen and oxygen atoms in total. The molecule has 2 rings (SSSR count). The van der Waals surface area contributed by atoms with Crippen molar-refractivity contribution >= 4 is 23.6 Å². The number of hydrogen-bond donors (Lipinski definition) is 1. The van der Waals surface area contributed by atoms with E-state index in [1.807, 2.05) is 6.92 Å². The third kappa shape index (κ3) is 4.63. The van der Waals surface area contributed by atoms with Crippen molar-refractivity contribution in [3.05, 3.63) is 41.6 Å². The highest BCUT2D eigenvalue weighted by atomic mass is 32.2. The van der Waals surface area contributed by atoms with Crippen LogP contribution in [-0.4, -0.2) is 16.8 Å². The molecule has 0 bridgehead atoms. The molecule has 112 valence electrons. The quantitative estimate of drug-likeness (QED) is 0.867. The zero-order chi connectivity index (χ0) is 15.5. The third-order valence-electron chi connectivity index (χ3n) is 2.98. The summed E-state index contributed by atoms with van der Waals surface area (Å²) in [6.07, 6.45) is 0. The fourth-order valence-electron chi connectivity index (χ4n) is 1.80. The van der Waals surface area contributed by atoms with E-state index in [1.54, 1.807) is 6.07 Å². The molecule has 0 fully saturated rings. The highest BCUT2D eigenvalue weighted by Crippen LogP contribution is 2.25. The molecular formula is C16H20N2O2S. The van der Waals surface area contributed by atoms with Gasteiger partial charge >= 0.3 is 0 Å². The van der Waals surface area contributed by atoms with Gasteiger partial charge in [0, 0.05) is 11.0 Å². The summed E-state index contributed by atoms with van der Waals surface area (Å²) in [5.74, 6) is 0.631. The van der Waals surface area contributed by atoms with Crippen LogP contribution in [0.4, 0.5) is 5.88 Å². The molecule has 0 aliphatic rings. The van der Waals surface area contributed by atoms with Gasteiger partial charge in [0.2, 0.25) is 11.8 Å². The molecule has 1 amide bonds. The monoisotopic (exact) mass is 304 g/mol. The number of hydrogen-bond acceptors (Lipinski definition) is 4. The lowest BCUT2D eigenvalue weighted by Crippen LogP contribution is -2.13. The predicted octanol–water partition coefficient (Wildman–Crippen LogP) is 4.01. The number of carbonyl (C=O) groups is 1. The van der Waals surface area contributed by atoms with Crippen LogP contribution in [0.2, 0.25) is 0 Å². The largest absolute Gasteiger partial charge is 0.338 e. The van der Waals surface area contributed by atoms with E-state index in [1.165, 1.54) is 17.3 Å². The van der Waals surface area contributed by atoms with Gasteiger partial charge in [-0.3, -0.25) is 10.1 Å². The van der Waals surface area contributed by atoms with E-state index in [2.05, 4.69) is 55.5 Å². The van der Waals surface area contributed by atoms with E-state index < -0.39 is 0 Å². The number of rotatable bonds is 4. The van der Waals surface area contributed by atoms with Crippen LogP contribution < -0.4 is 5.32 Å². The van der Waals surface area contributed by atoms with E-state index in [0.29, 0.717) is 11.6 Å². The SMILES string of the molecule is Cc1cc(NC(=O)CSc2ccc(C(C)(C)C)cc2)on1.